The van der Waals surface area contributed by atoms with Crippen molar-refractivity contribution in [2.45, 2.75) is 26.4 Å². The summed E-state index contributed by atoms with van der Waals surface area (Å²) in [6.45, 7) is 4.10. The maximum Gasteiger partial charge on any atom is 0.416 e. The highest BCUT2D eigenvalue weighted by Crippen LogP contribution is 2.29. The van der Waals surface area contributed by atoms with Gasteiger partial charge in [0.25, 0.3) is 0 Å². The fourth-order valence-electron chi connectivity index (χ4n) is 1.32. The van der Waals surface area contributed by atoms with Crippen molar-refractivity contribution in [1.82, 2.24) is 0 Å². The second-order valence-corrected chi connectivity index (χ2v) is 3.38. The molecule has 0 amide bonds. The van der Waals surface area contributed by atoms with Gasteiger partial charge in [-0.15, -0.1) is 0 Å². The number of hydrogen-bond acceptors (Lipinski definition) is 2. The van der Waals surface area contributed by atoms with Crippen molar-refractivity contribution < 1.29 is 18.0 Å². The van der Waals surface area contributed by atoms with Gasteiger partial charge in [-0.1, -0.05) is 24.2 Å². The van der Waals surface area contributed by atoms with Crippen molar-refractivity contribution in [3.8, 4) is 0 Å². The summed E-state index contributed by atoms with van der Waals surface area (Å²) in [6.07, 6.45) is -3.70. The van der Waals surface area contributed by atoms with Crippen molar-refractivity contribution in [2.75, 3.05) is 6.61 Å². The van der Waals surface area contributed by atoms with E-state index in [1.54, 1.807) is 6.92 Å². The predicted octanol–water partition coefficient (Wildman–Crippen LogP) is 3.86. The fourth-order valence-corrected chi connectivity index (χ4v) is 1.32. The van der Waals surface area contributed by atoms with Gasteiger partial charge in [0.2, 0.25) is 0 Å². The van der Waals surface area contributed by atoms with Gasteiger partial charge in [0.05, 0.1) is 11.3 Å². The molecule has 0 heterocycles. The van der Waals surface area contributed by atoms with Crippen molar-refractivity contribution in [2.24, 2.45) is 5.16 Å². The van der Waals surface area contributed by atoms with Gasteiger partial charge in [0.1, 0.15) is 6.61 Å². The Balaban J connectivity index is 2.93. The first-order valence-corrected chi connectivity index (χ1v) is 5.35. The summed E-state index contributed by atoms with van der Waals surface area (Å²) >= 11 is 0. The Hall–Kier alpha value is -1.52. The van der Waals surface area contributed by atoms with E-state index >= 15 is 0 Å². The van der Waals surface area contributed by atoms with Gasteiger partial charge in [0.15, 0.2) is 0 Å². The smallest absolute Gasteiger partial charge is 0.396 e. The molecule has 0 spiro atoms. The summed E-state index contributed by atoms with van der Waals surface area (Å²) in [4.78, 5) is 4.90. The van der Waals surface area contributed by atoms with E-state index in [1.807, 2.05) is 6.92 Å². The molecule has 0 bridgehead atoms. The number of rotatable bonds is 4. The van der Waals surface area contributed by atoms with Crippen molar-refractivity contribution in [3.05, 3.63) is 35.4 Å². The second-order valence-electron chi connectivity index (χ2n) is 3.38. The highest BCUT2D eigenvalue weighted by Gasteiger charge is 2.30. The molecule has 94 valence electrons. The zero-order chi connectivity index (χ0) is 12.9. The Bertz CT molecular complexity index is 382. The maximum atomic E-state index is 12.4. The standard InChI is InChI=1S/C12H14F3NO/c1-3-11(16-17-4-2)9-5-7-10(8-6-9)12(13,14)15/h5-8H,3-4H2,1-2H3/b16-11+. The van der Waals surface area contributed by atoms with Crippen LogP contribution in [0.15, 0.2) is 29.4 Å². The third kappa shape index (κ3) is 3.76. The largest absolute Gasteiger partial charge is 0.416 e. The number of hydrogen-bond donors (Lipinski definition) is 0. The van der Waals surface area contributed by atoms with Crippen LogP contribution in [0.3, 0.4) is 0 Å². The van der Waals surface area contributed by atoms with Gasteiger partial charge in [-0.25, -0.2) is 0 Å². The molecule has 0 saturated carbocycles. The van der Waals surface area contributed by atoms with Crippen LogP contribution in [0, 0.1) is 0 Å². The lowest BCUT2D eigenvalue weighted by molar-refractivity contribution is -0.137. The molecule has 1 rings (SSSR count). The predicted molar refractivity (Wildman–Crippen MR) is 59.9 cm³/mol. The summed E-state index contributed by atoms with van der Waals surface area (Å²) in [5, 5.41) is 3.86. The summed E-state index contributed by atoms with van der Waals surface area (Å²) < 4.78 is 37.1. The Labute approximate surface area is 98.1 Å². The normalized spacial score (nSPS) is 12.6. The molecule has 5 heteroatoms. The van der Waals surface area contributed by atoms with E-state index in [0.29, 0.717) is 24.3 Å². The number of halogens is 3. The Kier molecular flexibility index (Phi) is 4.54. The SMILES string of the molecule is CCO/N=C(\CC)c1ccc(C(F)(F)F)cc1. The van der Waals surface area contributed by atoms with Crippen molar-refractivity contribution in [1.29, 1.82) is 0 Å². The molecule has 0 N–H and O–H groups in total. The minimum atomic E-state index is -4.30. The maximum absolute atomic E-state index is 12.4. The Morgan fingerprint density at radius 2 is 1.76 bits per heavy atom. The monoisotopic (exact) mass is 245 g/mol. The first kappa shape index (κ1) is 13.5. The molecule has 1 aromatic rings. The molecule has 17 heavy (non-hydrogen) atoms. The lowest BCUT2D eigenvalue weighted by Crippen LogP contribution is -2.06. The summed E-state index contributed by atoms with van der Waals surface area (Å²) in [5.74, 6) is 0. The van der Waals surface area contributed by atoms with Gasteiger partial charge in [0, 0.05) is 0 Å². The van der Waals surface area contributed by atoms with Crippen molar-refractivity contribution in [3.63, 3.8) is 0 Å². The average molecular weight is 245 g/mol. The van der Waals surface area contributed by atoms with Gasteiger partial charge in [-0.2, -0.15) is 13.2 Å². The Morgan fingerprint density at radius 3 is 2.18 bits per heavy atom. The van der Waals surface area contributed by atoms with Gasteiger partial charge < -0.3 is 4.84 Å². The second kappa shape index (κ2) is 5.70. The van der Waals surface area contributed by atoms with E-state index < -0.39 is 11.7 Å². The van der Waals surface area contributed by atoms with Crippen LogP contribution in [-0.4, -0.2) is 12.3 Å². The van der Waals surface area contributed by atoms with Crippen LogP contribution in [0.4, 0.5) is 13.2 Å². The van der Waals surface area contributed by atoms with Crippen LogP contribution in [0.25, 0.3) is 0 Å². The topological polar surface area (TPSA) is 21.6 Å². The number of nitrogens with zero attached hydrogens (tertiary/aromatic N) is 1. The molecule has 0 aliphatic carbocycles. The highest BCUT2D eigenvalue weighted by atomic mass is 19.4. The minimum absolute atomic E-state index is 0.435. The molecule has 0 aliphatic heterocycles. The third-order valence-electron chi connectivity index (χ3n) is 2.18. The van der Waals surface area contributed by atoms with Crippen molar-refractivity contribution >= 4 is 5.71 Å². The van der Waals surface area contributed by atoms with E-state index in [4.69, 9.17) is 4.84 Å². The first-order chi connectivity index (χ1) is 7.99. The molecular formula is C12H14F3NO. The quantitative estimate of drug-likeness (QED) is 0.583. The number of alkyl halides is 3. The van der Waals surface area contributed by atoms with Gasteiger partial charge in [-0.05, 0) is 31.0 Å². The summed E-state index contributed by atoms with van der Waals surface area (Å²) in [6, 6.07) is 4.91. The van der Waals surface area contributed by atoms with Crippen LogP contribution < -0.4 is 0 Å². The summed E-state index contributed by atoms with van der Waals surface area (Å²) in [7, 11) is 0. The molecule has 0 aliphatic rings. The van der Waals surface area contributed by atoms with E-state index in [2.05, 4.69) is 5.16 Å². The third-order valence-corrected chi connectivity index (χ3v) is 2.18. The van der Waals surface area contributed by atoms with Gasteiger partial charge >= 0.3 is 6.18 Å². The minimum Gasteiger partial charge on any atom is -0.396 e. The lowest BCUT2D eigenvalue weighted by Gasteiger charge is -2.08. The Morgan fingerprint density at radius 1 is 1.18 bits per heavy atom. The zero-order valence-corrected chi connectivity index (χ0v) is 9.71. The number of oxime groups is 1. The lowest BCUT2D eigenvalue weighted by atomic mass is 10.1. The van der Waals surface area contributed by atoms with Crippen LogP contribution in [0.5, 0.6) is 0 Å². The molecule has 2 nitrogen and oxygen atoms in total. The molecule has 0 unspecified atom stereocenters. The molecule has 0 atom stereocenters. The zero-order valence-electron chi connectivity index (χ0n) is 9.71. The van der Waals surface area contributed by atoms with Crippen LogP contribution in [0.2, 0.25) is 0 Å². The van der Waals surface area contributed by atoms with E-state index in [9.17, 15) is 13.2 Å². The van der Waals surface area contributed by atoms with Crippen LogP contribution >= 0.6 is 0 Å². The first-order valence-electron chi connectivity index (χ1n) is 5.35. The molecule has 0 aromatic heterocycles. The number of benzene rings is 1. The molecular weight excluding hydrogens is 231 g/mol. The van der Waals surface area contributed by atoms with E-state index in [0.717, 1.165) is 12.1 Å². The fraction of sp³-hybridized carbons (Fsp3) is 0.417. The van der Waals surface area contributed by atoms with E-state index in [1.165, 1.54) is 12.1 Å². The van der Waals surface area contributed by atoms with E-state index in [-0.39, 0.29) is 0 Å². The molecule has 1 aromatic carbocycles. The molecule has 0 radical (unpaired) electrons. The van der Waals surface area contributed by atoms with Crippen LogP contribution in [0.1, 0.15) is 31.4 Å². The van der Waals surface area contributed by atoms with Gasteiger partial charge in [-0.3, -0.25) is 0 Å². The average Bonchev–Trinajstić information content (AvgIpc) is 2.29. The molecule has 0 saturated heterocycles. The molecule has 0 fully saturated rings. The highest BCUT2D eigenvalue weighted by molar-refractivity contribution is 6.00. The summed E-state index contributed by atoms with van der Waals surface area (Å²) in [5.41, 5.74) is 0.627. The van der Waals surface area contributed by atoms with Crippen LogP contribution in [-0.2, 0) is 11.0 Å².